The third-order valence-electron chi connectivity index (χ3n) is 5.06. The van der Waals surface area contributed by atoms with E-state index in [0.717, 1.165) is 12.1 Å². The van der Waals surface area contributed by atoms with E-state index in [9.17, 15) is 0 Å². The molecule has 3 N–H and O–H groups in total. The Morgan fingerprint density at radius 2 is 1.90 bits per heavy atom. The summed E-state index contributed by atoms with van der Waals surface area (Å²) in [5.74, 6) is 0.154. The molecular formula is C17H27N3. The molecule has 3 nitrogen and oxygen atoms in total. The van der Waals surface area contributed by atoms with E-state index in [4.69, 9.17) is 11.1 Å². The molecule has 0 saturated carbocycles. The quantitative estimate of drug-likeness (QED) is 0.638. The number of benzene rings is 1. The highest BCUT2D eigenvalue weighted by Crippen LogP contribution is 2.38. The molecule has 1 aromatic rings. The molecule has 0 bridgehead atoms. The van der Waals surface area contributed by atoms with Crippen LogP contribution in [0.25, 0.3) is 0 Å². The fraction of sp³-hybridized carbons (Fsp3) is 0.588. The van der Waals surface area contributed by atoms with Crippen LogP contribution in [0.5, 0.6) is 0 Å². The summed E-state index contributed by atoms with van der Waals surface area (Å²) in [4.78, 5) is 2.53. The second-order valence-electron chi connectivity index (χ2n) is 6.10. The first-order valence-electron chi connectivity index (χ1n) is 7.74. The summed E-state index contributed by atoms with van der Waals surface area (Å²) in [6.45, 7) is 8.01. The molecule has 0 atom stereocenters. The van der Waals surface area contributed by atoms with Crippen molar-refractivity contribution in [3.63, 3.8) is 0 Å². The minimum atomic E-state index is 0.154. The molecule has 110 valence electrons. The number of rotatable bonds is 5. The molecule has 0 aliphatic carbocycles. The van der Waals surface area contributed by atoms with Gasteiger partial charge in [0.15, 0.2) is 0 Å². The van der Waals surface area contributed by atoms with Gasteiger partial charge in [0.25, 0.3) is 0 Å². The van der Waals surface area contributed by atoms with Crippen LogP contribution in [0.3, 0.4) is 0 Å². The molecule has 0 amide bonds. The zero-order valence-electron chi connectivity index (χ0n) is 12.8. The van der Waals surface area contributed by atoms with Crippen molar-refractivity contribution < 1.29 is 0 Å². The average molecular weight is 273 g/mol. The first kappa shape index (κ1) is 15.0. The molecule has 20 heavy (non-hydrogen) atoms. The standard InChI is InChI=1S/C17H27N3/c1-3-17(4-2)8-10-20(11-9-17)13-14-6-5-7-15(12-14)16(18)19/h5-7,12H,3-4,8-11,13H2,1-2H3,(H3,18,19). The number of nitrogens with two attached hydrogens (primary N) is 1. The van der Waals surface area contributed by atoms with Crippen molar-refractivity contribution in [1.82, 2.24) is 4.90 Å². The van der Waals surface area contributed by atoms with E-state index < -0.39 is 0 Å². The van der Waals surface area contributed by atoms with E-state index in [1.165, 1.54) is 44.3 Å². The van der Waals surface area contributed by atoms with Gasteiger partial charge < -0.3 is 5.73 Å². The number of hydrogen-bond acceptors (Lipinski definition) is 2. The van der Waals surface area contributed by atoms with Crippen molar-refractivity contribution >= 4 is 5.84 Å². The van der Waals surface area contributed by atoms with Gasteiger partial charge in [-0.15, -0.1) is 0 Å². The Hall–Kier alpha value is -1.35. The Labute approximate surface area is 122 Å². The van der Waals surface area contributed by atoms with E-state index in [-0.39, 0.29) is 5.84 Å². The molecule has 1 aromatic carbocycles. The van der Waals surface area contributed by atoms with Crippen molar-refractivity contribution in [2.24, 2.45) is 11.1 Å². The lowest BCUT2D eigenvalue weighted by Crippen LogP contribution is -2.39. The van der Waals surface area contributed by atoms with E-state index in [0.29, 0.717) is 5.41 Å². The Balaban J connectivity index is 1.96. The average Bonchev–Trinajstić information content (AvgIpc) is 2.49. The molecule has 0 radical (unpaired) electrons. The van der Waals surface area contributed by atoms with Crippen molar-refractivity contribution in [1.29, 1.82) is 5.41 Å². The fourth-order valence-corrected chi connectivity index (χ4v) is 3.24. The van der Waals surface area contributed by atoms with E-state index in [1.807, 2.05) is 18.2 Å². The Morgan fingerprint density at radius 3 is 2.45 bits per heavy atom. The molecule has 3 heteroatoms. The normalized spacial score (nSPS) is 18.9. The van der Waals surface area contributed by atoms with Crippen molar-refractivity contribution in [3.05, 3.63) is 35.4 Å². The van der Waals surface area contributed by atoms with Crippen LogP contribution in [0.4, 0.5) is 0 Å². The summed E-state index contributed by atoms with van der Waals surface area (Å²) in [6, 6.07) is 8.08. The van der Waals surface area contributed by atoms with Crippen molar-refractivity contribution in [2.45, 2.75) is 46.1 Å². The molecule has 0 spiro atoms. The number of piperidine rings is 1. The molecule has 0 unspecified atom stereocenters. The Bertz CT molecular complexity index is 453. The van der Waals surface area contributed by atoms with Gasteiger partial charge in [0.05, 0.1) is 0 Å². The zero-order chi connectivity index (χ0) is 14.6. The highest BCUT2D eigenvalue weighted by Gasteiger charge is 2.30. The molecule has 2 rings (SSSR count). The smallest absolute Gasteiger partial charge is 0.122 e. The molecule has 0 aromatic heterocycles. The molecular weight excluding hydrogens is 246 g/mol. The topological polar surface area (TPSA) is 53.1 Å². The molecule has 1 aliphatic heterocycles. The first-order valence-corrected chi connectivity index (χ1v) is 7.74. The Kier molecular flexibility index (Phi) is 4.81. The Morgan fingerprint density at radius 1 is 1.25 bits per heavy atom. The second-order valence-corrected chi connectivity index (χ2v) is 6.10. The van der Waals surface area contributed by atoms with Gasteiger partial charge in [-0.3, -0.25) is 10.3 Å². The predicted molar refractivity (Wildman–Crippen MR) is 85.0 cm³/mol. The van der Waals surface area contributed by atoms with Gasteiger partial charge in [-0.1, -0.05) is 44.9 Å². The number of hydrogen-bond donors (Lipinski definition) is 2. The maximum atomic E-state index is 7.52. The minimum Gasteiger partial charge on any atom is -0.384 e. The van der Waals surface area contributed by atoms with Crippen molar-refractivity contribution in [2.75, 3.05) is 13.1 Å². The largest absolute Gasteiger partial charge is 0.384 e. The van der Waals surface area contributed by atoms with Crippen LogP contribution in [0.1, 0.15) is 50.7 Å². The molecule has 1 saturated heterocycles. The van der Waals surface area contributed by atoms with Crippen LogP contribution in [-0.4, -0.2) is 23.8 Å². The summed E-state index contributed by atoms with van der Waals surface area (Å²) in [7, 11) is 0. The van der Waals surface area contributed by atoms with Crippen LogP contribution in [-0.2, 0) is 6.54 Å². The van der Waals surface area contributed by atoms with Crippen LogP contribution < -0.4 is 5.73 Å². The van der Waals surface area contributed by atoms with E-state index >= 15 is 0 Å². The summed E-state index contributed by atoms with van der Waals surface area (Å²) in [5.41, 5.74) is 8.23. The highest BCUT2D eigenvalue weighted by atomic mass is 15.1. The number of likely N-dealkylation sites (tertiary alicyclic amines) is 1. The maximum absolute atomic E-state index is 7.52. The second kappa shape index (κ2) is 6.40. The van der Waals surface area contributed by atoms with E-state index in [2.05, 4.69) is 24.8 Å². The lowest BCUT2D eigenvalue weighted by atomic mass is 9.74. The van der Waals surface area contributed by atoms with Gasteiger partial charge in [0.1, 0.15) is 5.84 Å². The van der Waals surface area contributed by atoms with Gasteiger partial charge in [-0.25, -0.2) is 0 Å². The molecule has 1 heterocycles. The minimum absolute atomic E-state index is 0.154. The monoisotopic (exact) mass is 273 g/mol. The highest BCUT2D eigenvalue weighted by molar-refractivity contribution is 5.95. The predicted octanol–water partition coefficient (Wildman–Crippen LogP) is 3.37. The summed E-state index contributed by atoms with van der Waals surface area (Å²) < 4.78 is 0. The van der Waals surface area contributed by atoms with Gasteiger partial charge in [0, 0.05) is 12.1 Å². The summed E-state index contributed by atoms with van der Waals surface area (Å²) in [6.07, 6.45) is 5.23. The number of nitrogen functional groups attached to an aromatic ring is 1. The van der Waals surface area contributed by atoms with Crippen LogP contribution in [0, 0.1) is 10.8 Å². The maximum Gasteiger partial charge on any atom is 0.122 e. The lowest BCUT2D eigenvalue weighted by Gasteiger charge is -2.41. The summed E-state index contributed by atoms with van der Waals surface area (Å²) >= 11 is 0. The fourth-order valence-electron chi connectivity index (χ4n) is 3.24. The van der Waals surface area contributed by atoms with Gasteiger partial charge >= 0.3 is 0 Å². The third-order valence-corrected chi connectivity index (χ3v) is 5.06. The number of amidine groups is 1. The zero-order valence-corrected chi connectivity index (χ0v) is 12.8. The molecule has 1 aliphatic rings. The van der Waals surface area contributed by atoms with Gasteiger partial charge in [-0.2, -0.15) is 0 Å². The van der Waals surface area contributed by atoms with Crippen LogP contribution in [0.15, 0.2) is 24.3 Å². The van der Waals surface area contributed by atoms with Crippen molar-refractivity contribution in [3.8, 4) is 0 Å². The molecule has 1 fully saturated rings. The van der Waals surface area contributed by atoms with Gasteiger partial charge in [-0.05, 0) is 43.0 Å². The summed E-state index contributed by atoms with van der Waals surface area (Å²) in [5, 5.41) is 7.52. The van der Waals surface area contributed by atoms with Crippen LogP contribution >= 0.6 is 0 Å². The lowest BCUT2D eigenvalue weighted by molar-refractivity contribution is 0.0909. The third kappa shape index (κ3) is 3.40. The van der Waals surface area contributed by atoms with Crippen LogP contribution in [0.2, 0.25) is 0 Å². The van der Waals surface area contributed by atoms with E-state index in [1.54, 1.807) is 0 Å². The number of nitrogens with zero attached hydrogens (tertiary/aromatic N) is 1. The SMILES string of the molecule is CCC1(CC)CCN(Cc2cccc(C(=N)N)c2)CC1. The van der Waals surface area contributed by atoms with Gasteiger partial charge in [0.2, 0.25) is 0 Å². The first-order chi connectivity index (χ1) is 9.58. The number of nitrogens with one attached hydrogen (secondary N) is 1.